The Hall–Kier alpha value is -3.64. The number of ether oxygens (including phenoxy) is 1. The molecule has 38 heavy (non-hydrogen) atoms. The van der Waals surface area contributed by atoms with Gasteiger partial charge in [0, 0.05) is 19.6 Å². The number of hydrogen-bond acceptors (Lipinski definition) is 4. The van der Waals surface area contributed by atoms with Gasteiger partial charge in [0.2, 0.25) is 5.91 Å². The summed E-state index contributed by atoms with van der Waals surface area (Å²) in [5.74, 6) is -0.542. The molecule has 0 spiro atoms. The molecule has 6 nitrogen and oxygen atoms in total. The lowest BCUT2D eigenvalue weighted by atomic mass is 9.88. The lowest BCUT2D eigenvalue weighted by molar-refractivity contribution is -0.149. The van der Waals surface area contributed by atoms with Crippen LogP contribution in [-0.2, 0) is 22.5 Å². The Morgan fingerprint density at radius 1 is 0.921 bits per heavy atom. The number of nitrogens with zero attached hydrogens (tertiary/aromatic N) is 2. The largest absolute Gasteiger partial charge is 0.444 e. The van der Waals surface area contributed by atoms with Gasteiger partial charge in [-0.3, -0.25) is 9.69 Å². The van der Waals surface area contributed by atoms with E-state index in [-0.39, 0.29) is 11.8 Å². The van der Waals surface area contributed by atoms with Gasteiger partial charge in [-0.2, -0.15) is 0 Å². The van der Waals surface area contributed by atoms with Crippen LogP contribution in [0.5, 0.6) is 0 Å². The van der Waals surface area contributed by atoms with E-state index >= 15 is 0 Å². The van der Waals surface area contributed by atoms with Crippen molar-refractivity contribution in [3.05, 3.63) is 96.1 Å². The molecule has 3 aromatic carbocycles. The van der Waals surface area contributed by atoms with Gasteiger partial charge >= 0.3 is 6.09 Å². The normalized spacial score (nSPS) is 17.7. The molecular weight excluding hydrogens is 476 g/mol. The van der Waals surface area contributed by atoms with Gasteiger partial charge in [-0.1, -0.05) is 91.9 Å². The fourth-order valence-electron chi connectivity index (χ4n) is 4.93. The van der Waals surface area contributed by atoms with Gasteiger partial charge in [0.1, 0.15) is 11.6 Å². The molecule has 1 fully saturated rings. The summed E-state index contributed by atoms with van der Waals surface area (Å²) in [5.41, 5.74) is 3.58. The summed E-state index contributed by atoms with van der Waals surface area (Å²) >= 11 is 0. The molecule has 1 saturated heterocycles. The van der Waals surface area contributed by atoms with E-state index in [1.54, 1.807) is 25.7 Å². The highest BCUT2D eigenvalue weighted by atomic mass is 16.6. The molecule has 0 aliphatic carbocycles. The maximum Gasteiger partial charge on any atom is 0.411 e. The van der Waals surface area contributed by atoms with Crippen molar-refractivity contribution in [2.45, 2.75) is 58.4 Å². The van der Waals surface area contributed by atoms with Crippen LogP contribution in [0.4, 0.5) is 4.79 Å². The Morgan fingerprint density at radius 3 is 2.18 bits per heavy atom. The molecular formula is C32H38N2O4. The van der Waals surface area contributed by atoms with Crippen molar-refractivity contribution in [1.82, 2.24) is 9.80 Å². The third kappa shape index (κ3) is 6.81. The zero-order valence-electron chi connectivity index (χ0n) is 22.7. The number of amides is 2. The minimum atomic E-state index is -1.06. The minimum absolute atomic E-state index is 0.261. The number of hydrogen-bond donors (Lipinski definition) is 1. The van der Waals surface area contributed by atoms with Crippen molar-refractivity contribution in [2.24, 2.45) is 5.92 Å². The van der Waals surface area contributed by atoms with Crippen molar-refractivity contribution in [3.63, 3.8) is 0 Å². The van der Waals surface area contributed by atoms with E-state index in [4.69, 9.17) is 4.74 Å². The molecule has 3 aromatic rings. The molecule has 0 bridgehead atoms. The molecule has 1 aliphatic heterocycles. The first-order valence-electron chi connectivity index (χ1n) is 13.3. The van der Waals surface area contributed by atoms with Gasteiger partial charge in [0.25, 0.3) is 0 Å². The van der Waals surface area contributed by atoms with Gasteiger partial charge in [-0.15, -0.1) is 0 Å². The molecule has 200 valence electrons. The zero-order chi connectivity index (χ0) is 27.3. The number of carbonyl (C=O) groups excluding carboxylic acids is 2. The van der Waals surface area contributed by atoms with Crippen LogP contribution >= 0.6 is 0 Å². The smallest absolute Gasteiger partial charge is 0.411 e. The van der Waals surface area contributed by atoms with E-state index in [9.17, 15) is 14.7 Å². The van der Waals surface area contributed by atoms with Crippen LogP contribution in [0.3, 0.4) is 0 Å². The fraction of sp³-hybridized carbons (Fsp3) is 0.375. The molecule has 1 heterocycles. The van der Waals surface area contributed by atoms with Gasteiger partial charge in [-0.25, -0.2) is 4.79 Å². The molecule has 0 unspecified atom stereocenters. The van der Waals surface area contributed by atoms with Crippen LogP contribution in [0.25, 0.3) is 11.1 Å². The predicted octanol–water partition coefficient (Wildman–Crippen LogP) is 5.54. The summed E-state index contributed by atoms with van der Waals surface area (Å²) in [5, 5.41) is 11.6. The highest BCUT2D eigenvalue weighted by molar-refractivity contribution is 5.87. The molecule has 0 aromatic heterocycles. The molecule has 0 radical (unpaired) electrons. The van der Waals surface area contributed by atoms with E-state index in [1.807, 2.05) is 67.6 Å². The van der Waals surface area contributed by atoms with Crippen molar-refractivity contribution >= 4 is 12.0 Å². The van der Waals surface area contributed by atoms with Crippen LogP contribution in [-0.4, -0.2) is 57.7 Å². The fourth-order valence-corrected chi connectivity index (χ4v) is 4.93. The average molecular weight is 515 g/mol. The molecule has 4 rings (SSSR count). The lowest BCUT2D eigenvalue weighted by Gasteiger charge is -2.43. The molecule has 1 N–H and O–H groups in total. The Balaban J connectivity index is 1.55. The first-order chi connectivity index (χ1) is 18.1. The van der Waals surface area contributed by atoms with Gasteiger partial charge < -0.3 is 14.7 Å². The molecule has 0 saturated carbocycles. The monoisotopic (exact) mass is 514 g/mol. The number of rotatable bonds is 7. The summed E-state index contributed by atoms with van der Waals surface area (Å²) < 4.78 is 5.63. The van der Waals surface area contributed by atoms with Crippen LogP contribution < -0.4 is 0 Å². The molecule has 6 heteroatoms. The Bertz CT molecular complexity index is 1220. The standard InChI is InChI=1S/C32H38N2O4/c1-23(20-25-14-11-17-27(21-25)26-15-9-6-10-16-26)29(35)28-30(36)33(22-24-12-7-5-8-13-24)18-19-34(28)31(37)38-32(2,3)4/h5-17,21,23,28-29,35H,18-20,22H2,1-4H3/t23-,28-,29-/m0/s1. The first-order valence-corrected chi connectivity index (χ1v) is 13.3. The van der Waals surface area contributed by atoms with Crippen LogP contribution in [0.1, 0.15) is 38.8 Å². The summed E-state index contributed by atoms with van der Waals surface area (Å²) in [7, 11) is 0. The summed E-state index contributed by atoms with van der Waals surface area (Å²) in [6, 6.07) is 27.1. The number of benzene rings is 3. The molecule has 2 amide bonds. The SMILES string of the molecule is C[C@@H](Cc1cccc(-c2ccccc2)c1)[C@H](O)[C@H]1C(=O)N(Cc2ccccc2)CCN1C(=O)OC(C)(C)C. The van der Waals surface area contributed by atoms with Crippen LogP contribution in [0.2, 0.25) is 0 Å². The summed E-state index contributed by atoms with van der Waals surface area (Å²) in [4.78, 5) is 30.1. The van der Waals surface area contributed by atoms with Crippen LogP contribution in [0.15, 0.2) is 84.9 Å². The topological polar surface area (TPSA) is 70.1 Å². The Kier molecular flexibility index (Phi) is 8.52. The van der Waals surface area contributed by atoms with E-state index in [0.717, 1.165) is 22.3 Å². The van der Waals surface area contributed by atoms with Gasteiger partial charge in [-0.05, 0) is 55.4 Å². The highest BCUT2D eigenvalue weighted by Crippen LogP contribution is 2.27. The second-order valence-electron chi connectivity index (χ2n) is 11.1. The van der Waals surface area contributed by atoms with E-state index in [0.29, 0.717) is 26.1 Å². The summed E-state index contributed by atoms with van der Waals surface area (Å²) in [6.45, 7) is 8.43. The number of carbonyl (C=O) groups is 2. The lowest BCUT2D eigenvalue weighted by Crippen LogP contribution is -2.64. The van der Waals surface area contributed by atoms with Crippen molar-refractivity contribution in [3.8, 4) is 11.1 Å². The Morgan fingerprint density at radius 2 is 1.53 bits per heavy atom. The maximum atomic E-state index is 13.8. The number of piperazine rings is 1. The van der Waals surface area contributed by atoms with Crippen molar-refractivity contribution in [1.29, 1.82) is 0 Å². The van der Waals surface area contributed by atoms with E-state index in [1.165, 1.54) is 4.90 Å². The quantitative estimate of drug-likeness (QED) is 0.449. The van der Waals surface area contributed by atoms with E-state index < -0.39 is 23.8 Å². The minimum Gasteiger partial charge on any atom is -0.444 e. The van der Waals surface area contributed by atoms with Crippen molar-refractivity contribution < 1.29 is 19.4 Å². The molecule has 1 aliphatic rings. The van der Waals surface area contributed by atoms with Crippen LogP contribution in [0, 0.1) is 5.92 Å². The van der Waals surface area contributed by atoms with Gasteiger partial charge in [0.15, 0.2) is 0 Å². The summed E-state index contributed by atoms with van der Waals surface area (Å²) in [6.07, 6.45) is -1.08. The highest BCUT2D eigenvalue weighted by Gasteiger charge is 2.44. The van der Waals surface area contributed by atoms with Gasteiger partial charge in [0.05, 0.1) is 6.10 Å². The maximum absolute atomic E-state index is 13.8. The second kappa shape index (κ2) is 11.8. The number of aliphatic hydroxyl groups excluding tert-OH is 1. The molecule has 3 atom stereocenters. The third-order valence-corrected chi connectivity index (χ3v) is 6.85. The average Bonchev–Trinajstić information content (AvgIpc) is 2.89. The zero-order valence-corrected chi connectivity index (χ0v) is 22.7. The predicted molar refractivity (Wildman–Crippen MR) is 149 cm³/mol. The first kappa shape index (κ1) is 27.4. The number of aliphatic hydroxyl groups is 1. The Labute approximate surface area is 225 Å². The second-order valence-corrected chi connectivity index (χ2v) is 11.1. The van der Waals surface area contributed by atoms with Crippen molar-refractivity contribution in [2.75, 3.05) is 13.1 Å². The van der Waals surface area contributed by atoms with E-state index in [2.05, 4.69) is 24.3 Å². The third-order valence-electron chi connectivity index (χ3n) is 6.85.